The largest absolute Gasteiger partial charge is 0.391 e. The molecule has 0 saturated carbocycles. The Balaban J connectivity index is 1.46. The molecule has 3 aliphatic heterocycles. The summed E-state index contributed by atoms with van der Waals surface area (Å²) in [5.41, 5.74) is 1.05. The van der Waals surface area contributed by atoms with Gasteiger partial charge >= 0.3 is 0 Å². The lowest BCUT2D eigenvalue weighted by Crippen LogP contribution is -2.58. The van der Waals surface area contributed by atoms with Crippen molar-refractivity contribution in [1.82, 2.24) is 9.80 Å². The normalized spacial score (nSPS) is 29.6. The van der Waals surface area contributed by atoms with Crippen LogP contribution in [0.5, 0.6) is 0 Å². The van der Waals surface area contributed by atoms with Crippen molar-refractivity contribution in [3.8, 4) is 0 Å². The molecule has 6 nitrogen and oxygen atoms in total. The van der Waals surface area contributed by atoms with Gasteiger partial charge in [-0.1, -0.05) is 12.1 Å². The third kappa shape index (κ3) is 3.21. The van der Waals surface area contributed by atoms with Crippen LogP contribution in [0.3, 0.4) is 0 Å². The van der Waals surface area contributed by atoms with Crippen LogP contribution < -0.4 is 0 Å². The van der Waals surface area contributed by atoms with E-state index in [1.165, 1.54) is 5.71 Å². The molecule has 1 atom stereocenters. The fourth-order valence-electron chi connectivity index (χ4n) is 3.42. The van der Waals surface area contributed by atoms with Gasteiger partial charge in [-0.05, 0) is 19.3 Å². The second kappa shape index (κ2) is 5.93. The first-order chi connectivity index (χ1) is 10.1. The Morgan fingerprint density at radius 1 is 1.38 bits per heavy atom. The van der Waals surface area contributed by atoms with Crippen LogP contribution in [0.15, 0.2) is 5.16 Å². The zero-order valence-electron chi connectivity index (χ0n) is 13.0. The second-order valence-corrected chi connectivity index (χ2v) is 6.46. The molecule has 0 aromatic carbocycles. The second-order valence-electron chi connectivity index (χ2n) is 6.46. The number of ether oxygens (including phenoxy) is 1. The standard InChI is InChI=1S/C15H25N3O3/c1-3-12-8-13(21-16-12)9-18-6-4-15(5-7-18)11-17(2)14(19)10-20-15/h13H,3-11H2,1-2H3/t13-/m0/s1. The summed E-state index contributed by atoms with van der Waals surface area (Å²) in [6.07, 6.45) is 4.13. The van der Waals surface area contributed by atoms with Gasteiger partial charge in [-0.2, -0.15) is 0 Å². The van der Waals surface area contributed by atoms with Crippen LogP contribution in [0.1, 0.15) is 32.6 Å². The number of oxime groups is 1. The van der Waals surface area contributed by atoms with E-state index in [-0.39, 0.29) is 24.2 Å². The van der Waals surface area contributed by atoms with Crippen molar-refractivity contribution >= 4 is 11.6 Å². The van der Waals surface area contributed by atoms with Crippen LogP contribution in [0.4, 0.5) is 0 Å². The quantitative estimate of drug-likeness (QED) is 0.775. The summed E-state index contributed by atoms with van der Waals surface area (Å²) in [4.78, 5) is 21.3. The van der Waals surface area contributed by atoms with E-state index in [1.54, 1.807) is 4.90 Å². The first-order valence-electron chi connectivity index (χ1n) is 7.92. The Morgan fingerprint density at radius 3 is 2.76 bits per heavy atom. The van der Waals surface area contributed by atoms with Gasteiger partial charge in [0.2, 0.25) is 5.91 Å². The van der Waals surface area contributed by atoms with E-state index in [9.17, 15) is 4.79 Å². The molecule has 1 spiro atoms. The summed E-state index contributed by atoms with van der Waals surface area (Å²) in [5, 5.41) is 4.12. The molecule has 0 radical (unpaired) electrons. The maximum Gasteiger partial charge on any atom is 0.248 e. The third-order valence-electron chi connectivity index (χ3n) is 4.88. The molecule has 6 heteroatoms. The van der Waals surface area contributed by atoms with Gasteiger partial charge in [-0.15, -0.1) is 0 Å². The van der Waals surface area contributed by atoms with Crippen LogP contribution in [-0.2, 0) is 14.4 Å². The molecule has 21 heavy (non-hydrogen) atoms. The fraction of sp³-hybridized carbons (Fsp3) is 0.867. The molecule has 2 fully saturated rings. The van der Waals surface area contributed by atoms with E-state index in [0.29, 0.717) is 0 Å². The van der Waals surface area contributed by atoms with Gasteiger partial charge in [0.05, 0.1) is 11.3 Å². The molecule has 3 heterocycles. The van der Waals surface area contributed by atoms with Crippen LogP contribution in [-0.4, -0.2) is 73.0 Å². The van der Waals surface area contributed by atoms with Crippen LogP contribution in [0, 0.1) is 0 Å². The Morgan fingerprint density at radius 2 is 2.14 bits per heavy atom. The number of rotatable bonds is 3. The molecule has 0 aromatic rings. The minimum absolute atomic E-state index is 0.0895. The summed E-state index contributed by atoms with van der Waals surface area (Å²) >= 11 is 0. The van der Waals surface area contributed by atoms with Crippen molar-refractivity contribution in [2.45, 2.75) is 44.3 Å². The Kier molecular flexibility index (Phi) is 4.17. The van der Waals surface area contributed by atoms with Crippen LogP contribution >= 0.6 is 0 Å². The average molecular weight is 295 g/mol. The number of nitrogens with zero attached hydrogens (tertiary/aromatic N) is 3. The topological polar surface area (TPSA) is 54.4 Å². The summed E-state index contributed by atoms with van der Waals surface area (Å²) in [7, 11) is 1.87. The zero-order chi connectivity index (χ0) is 14.9. The van der Waals surface area contributed by atoms with Gasteiger partial charge in [0, 0.05) is 39.6 Å². The lowest BCUT2D eigenvalue weighted by atomic mass is 9.89. The predicted molar refractivity (Wildman–Crippen MR) is 79.2 cm³/mol. The number of hydrogen-bond donors (Lipinski definition) is 0. The smallest absolute Gasteiger partial charge is 0.248 e. The number of likely N-dealkylation sites (N-methyl/N-ethyl adjacent to an activating group) is 1. The average Bonchev–Trinajstić information content (AvgIpc) is 2.94. The van der Waals surface area contributed by atoms with Gasteiger partial charge in [-0.3, -0.25) is 9.69 Å². The predicted octanol–water partition coefficient (Wildman–Crippen LogP) is 0.864. The minimum atomic E-state index is -0.124. The number of likely N-dealkylation sites (tertiary alicyclic amines) is 1. The number of carbonyl (C=O) groups is 1. The van der Waals surface area contributed by atoms with Gasteiger partial charge < -0.3 is 14.5 Å². The van der Waals surface area contributed by atoms with Gasteiger partial charge in [0.25, 0.3) is 0 Å². The van der Waals surface area contributed by atoms with Crippen LogP contribution in [0.2, 0.25) is 0 Å². The molecule has 0 unspecified atom stereocenters. The molecule has 3 aliphatic rings. The van der Waals surface area contributed by atoms with E-state index in [0.717, 1.165) is 51.9 Å². The highest BCUT2D eigenvalue weighted by atomic mass is 16.6. The monoisotopic (exact) mass is 295 g/mol. The highest BCUT2D eigenvalue weighted by molar-refractivity contribution is 5.85. The zero-order valence-corrected chi connectivity index (χ0v) is 13.0. The van der Waals surface area contributed by atoms with Gasteiger partial charge in [-0.25, -0.2) is 0 Å². The number of piperidine rings is 1. The fourth-order valence-corrected chi connectivity index (χ4v) is 3.42. The van der Waals surface area contributed by atoms with E-state index in [2.05, 4.69) is 17.0 Å². The van der Waals surface area contributed by atoms with Crippen molar-refractivity contribution in [2.24, 2.45) is 5.16 Å². The number of hydrogen-bond acceptors (Lipinski definition) is 5. The number of amides is 1. The van der Waals surface area contributed by atoms with Crippen molar-refractivity contribution in [3.63, 3.8) is 0 Å². The molecule has 2 saturated heterocycles. The van der Waals surface area contributed by atoms with E-state index in [4.69, 9.17) is 9.57 Å². The molecular weight excluding hydrogens is 270 g/mol. The van der Waals surface area contributed by atoms with E-state index < -0.39 is 0 Å². The summed E-state index contributed by atoms with van der Waals surface area (Å²) < 4.78 is 5.87. The van der Waals surface area contributed by atoms with Crippen molar-refractivity contribution in [3.05, 3.63) is 0 Å². The van der Waals surface area contributed by atoms with Crippen molar-refractivity contribution in [2.75, 3.05) is 39.8 Å². The minimum Gasteiger partial charge on any atom is -0.391 e. The lowest BCUT2D eigenvalue weighted by molar-refractivity contribution is -0.169. The number of carbonyl (C=O) groups excluding carboxylic acids is 1. The SMILES string of the molecule is CCC1=NO[C@H](CN2CCC3(CC2)CN(C)C(=O)CO3)C1. The van der Waals surface area contributed by atoms with E-state index >= 15 is 0 Å². The van der Waals surface area contributed by atoms with Crippen molar-refractivity contribution < 1.29 is 14.4 Å². The Bertz CT molecular complexity index is 430. The Labute approximate surface area is 126 Å². The van der Waals surface area contributed by atoms with Gasteiger partial charge in [0.1, 0.15) is 12.7 Å². The number of morpholine rings is 1. The summed E-state index contributed by atoms with van der Waals surface area (Å²) in [6.45, 7) is 6.02. The van der Waals surface area contributed by atoms with Crippen LogP contribution in [0.25, 0.3) is 0 Å². The molecule has 0 aliphatic carbocycles. The highest BCUT2D eigenvalue weighted by Crippen LogP contribution is 2.30. The molecular formula is C15H25N3O3. The molecule has 0 bridgehead atoms. The molecule has 0 N–H and O–H groups in total. The molecule has 118 valence electrons. The first kappa shape index (κ1) is 14.8. The third-order valence-corrected chi connectivity index (χ3v) is 4.88. The lowest BCUT2D eigenvalue weighted by Gasteiger charge is -2.46. The summed E-state index contributed by atoms with van der Waals surface area (Å²) in [5.74, 6) is 0.0895. The molecule has 1 amide bonds. The molecule has 0 aromatic heterocycles. The van der Waals surface area contributed by atoms with Crippen molar-refractivity contribution in [1.29, 1.82) is 0 Å². The summed E-state index contributed by atoms with van der Waals surface area (Å²) in [6, 6.07) is 0. The van der Waals surface area contributed by atoms with E-state index in [1.807, 2.05) is 7.05 Å². The maximum absolute atomic E-state index is 11.5. The maximum atomic E-state index is 11.5. The molecule has 3 rings (SSSR count). The van der Waals surface area contributed by atoms with Gasteiger partial charge in [0.15, 0.2) is 0 Å². The highest BCUT2D eigenvalue weighted by Gasteiger charge is 2.41. The first-order valence-corrected chi connectivity index (χ1v) is 7.92. The Hall–Kier alpha value is -1.14.